The molecule has 6 nitrogen and oxygen atoms in total. The van der Waals surface area contributed by atoms with E-state index in [1.54, 1.807) is 12.2 Å². The van der Waals surface area contributed by atoms with Crippen molar-refractivity contribution in [2.75, 3.05) is 13.2 Å². The molecule has 0 amide bonds. The van der Waals surface area contributed by atoms with Crippen LogP contribution in [-0.2, 0) is 28.1 Å². The van der Waals surface area contributed by atoms with E-state index in [0.717, 1.165) is 0 Å². The molecule has 148 valence electrons. The molecule has 0 aromatic heterocycles. The quantitative estimate of drug-likeness (QED) is 0.474. The molecule has 3 aliphatic heterocycles. The van der Waals surface area contributed by atoms with E-state index in [2.05, 4.69) is 47.0 Å². The number of rotatable bonds is 8. The van der Waals surface area contributed by atoms with Gasteiger partial charge in [-0.15, -0.1) is 13.2 Å². The summed E-state index contributed by atoms with van der Waals surface area (Å²) >= 11 is 0. The molecule has 0 spiro atoms. The molecule has 3 saturated heterocycles. The average molecular weight is 385 g/mol. The highest BCUT2D eigenvalue weighted by molar-refractivity contribution is 6.74. The molecule has 0 radical (unpaired) electrons. The van der Waals surface area contributed by atoms with Gasteiger partial charge in [-0.25, -0.2) is 0 Å². The van der Waals surface area contributed by atoms with Crippen LogP contribution < -0.4 is 0 Å². The van der Waals surface area contributed by atoms with E-state index in [0.29, 0.717) is 13.2 Å². The first-order valence-corrected chi connectivity index (χ1v) is 12.2. The first-order chi connectivity index (χ1) is 12.2. The highest BCUT2D eigenvalue weighted by atomic mass is 28.4. The SMILES string of the molecule is C=CCO[C@@H]1C2OC3O[C@@H]1C(O[Si](C)(C)C(C)(C)C)[C@H](O3)[C@H]2OCC=C. The smallest absolute Gasteiger partial charge is 0.272 e. The van der Waals surface area contributed by atoms with Crippen molar-refractivity contribution in [2.45, 2.75) is 82.0 Å². The number of ether oxygens (including phenoxy) is 5. The van der Waals surface area contributed by atoms with Gasteiger partial charge < -0.3 is 28.1 Å². The summed E-state index contributed by atoms with van der Waals surface area (Å²) in [7, 11) is -2.04. The lowest BCUT2D eigenvalue weighted by Gasteiger charge is -2.60. The van der Waals surface area contributed by atoms with Crippen LogP contribution in [0, 0.1) is 0 Å². The van der Waals surface area contributed by atoms with Gasteiger partial charge in [0.15, 0.2) is 8.32 Å². The second-order valence-corrected chi connectivity index (χ2v) is 13.4. The number of hydrogen-bond donors (Lipinski definition) is 0. The second kappa shape index (κ2) is 7.47. The molecule has 7 atom stereocenters. The van der Waals surface area contributed by atoms with E-state index < -0.39 is 14.8 Å². The molecule has 1 saturated carbocycles. The Kier molecular flexibility index (Phi) is 5.80. The van der Waals surface area contributed by atoms with E-state index in [-0.39, 0.29) is 41.7 Å². The Hall–Kier alpha value is -0.543. The Labute approximate surface area is 157 Å². The summed E-state index contributed by atoms with van der Waals surface area (Å²) < 4.78 is 36.6. The van der Waals surface area contributed by atoms with E-state index in [4.69, 9.17) is 28.1 Å². The molecule has 7 heteroatoms. The lowest BCUT2D eigenvalue weighted by molar-refractivity contribution is -0.483. The summed E-state index contributed by atoms with van der Waals surface area (Å²) in [5.41, 5.74) is 0. The Bertz CT molecular complexity index is 501. The topological polar surface area (TPSA) is 55.4 Å². The molecular weight excluding hydrogens is 352 g/mol. The molecular formula is C19H32O6Si. The maximum absolute atomic E-state index is 6.72. The average Bonchev–Trinajstić information content (AvgIpc) is 2.55. The third kappa shape index (κ3) is 3.58. The molecule has 3 heterocycles. The van der Waals surface area contributed by atoms with Gasteiger partial charge in [-0.1, -0.05) is 32.9 Å². The molecule has 4 aliphatic rings. The van der Waals surface area contributed by atoms with Crippen molar-refractivity contribution >= 4 is 8.32 Å². The first-order valence-electron chi connectivity index (χ1n) is 9.29. The fraction of sp³-hybridized carbons (Fsp3) is 0.789. The minimum atomic E-state index is -2.04. The van der Waals surface area contributed by atoms with E-state index in [9.17, 15) is 0 Å². The van der Waals surface area contributed by atoms with Gasteiger partial charge in [-0.05, 0) is 18.1 Å². The second-order valence-electron chi connectivity index (χ2n) is 8.61. The molecule has 1 aliphatic carbocycles. The third-order valence-electron chi connectivity index (χ3n) is 5.80. The van der Waals surface area contributed by atoms with Gasteiger partial charge in [0, 0.05) is 0 Å². The van der Waals surface area contributed by atoms with E-state index in [1.165, 1.54) is 0 Å². The van der Waals surface area contributed by atoms with Crippen LogP contribution >= 0.6 is 0 Å². The maximum Gasteiger partial charge on any atom is 0.272 e. The van der Waals surface area contributed by atoms with Crippen molar-refractivity contribution in [3.8, 4) is 0 Å². The van der Waals surface area contributed by atoms with Crippen molar-refractivity contribution < 1.29 is 28.1 Å². The van der Waals surface area contributed by atoms with Crippen LogP contribution in [0.1, 0.15) is 20.8 Å². The van der Waals surface area contributed by atoms with Gasteiger partial charge in [0.05, 0.1) is 13.2 Å². The van der Waals surface area contributed by atoms with E-state index >= 15 is 0 Å². The summed E-state index contributed by atoms with van der Waals surface area (Å²) in [6.07, 6.45) is 1.90. The minimum Gasteiger partial charge on any atom is -0.408 e. The molecule has 4 fully saturated rings. The van der Waals surface area contributed by atoms with Crippen LogP contribution in [0.2, 0.25) is 18.1 Å². The predicted octanol–water partition coefficient (Wildman–Crippen LogP) is 3.00. The van der Waals surface area contributed by atoms with Gasteiger partial charge in [0.1, 0.15) is 36.6 Å². The van der Waals surface area contributed by atoms with Crippen LogP contribution in [0.3, 0.4) is 0 Å². The molecule has 0 aromatic rings. The zero-order chi connectivity index (χ0) is 19.1. The summed E-state index contributed by atoms with van der Waals surface area (Å²) in [6, 6.07) is 0. The molecule has 4 rings (SSSR count). The summed E-state index contributed by atoms with van der Waals surface area (Å²) in [4.78, 5) is 0. The largest absolute Gasteiger partial charge is 0.408 e. The lowest BCUT2D eigenvalue weighted by Crippen LogP contribution is -2.77. The Morgan fingerprint density at radius 3 is 1.65 bits per heavy atom. The van der Waals surface area contributed by atoms with Crippen molar-refractivity contribution in [1.82, 2.24) is 0 Å². The standard InChI is InChI=1S/C19H32O6Si/c1-8-10-20-12-14-13(21-11-9-2)16-17(15(12)23-18(22-14)24-16)25-26(6,7)19(3,4)5/h8-9,12-18H,1-2,10-11H2,3-7H3/t12-,13+,14?,15+,16-,17?,18?. The zero-order valence-electron chi connectivity index (χ0n) is 16.5. The van der Waals surface area contributed by atoms with Crippen LogP contribution in [-0.4, -0.2) is 64.6 Å². The predicted molar refractivity (Wildman–Crippen MR) is 100 cm³/mol. The van der Waals surface area contributed by atoms with Crippen LogP contribution in [0.25, 0.3) is 0 Å². The molecule has 26 heavy (non-hydrogen) atoms. The van der Waals surface area contributed by atoms with Crippen LogP contribution in [0.15, 0.2) is 25.3 Å². The monoisotopic (exact) mass is 384 g/mol. The van der Waals surface area contributed by atoms with Crippen LogP contribution in [0.4, 0.5) is 0 Å². The lowest BCUT2D eigenvalue weighted by atomic mass is 9.82. The Morgan fingerprint density at radius 2 is 1.27 bits per heavy atom. The zero-order valence-corrected chi connectivity index (χ0v) is 17.5. The van der Waals surface area contributed by atoms with Crippen molar-refractivity contribution in [3.63, 3.8) is 0 Å². The van der Waals surface area contributed by atoms with E-state index in [1.807, 2.05) is 0 Å². The summed E-state index contributed by atoms with van der Waals surface area (Å²) in [6.45, 7) is 18.8. The van der Waals surface area contributed by atoms with Crippen molar-refractivity contribution in [3.05, 3.63) is 25.3 Å². The van der Waals surface area contributed by atoms with Gasteiger partial charge in [0.25, 0.3) is 6.48 Å². The number of hydrogen-bond acceptors (Lipinski definition) is 6. The highest BCUT2D eigenvalue weighted by Gasteiger charge is 2.64. The van der Waals surface area contributed by atoms with Crippen molar-refractivity contribution in [1.29, 1.82) is 0 Å². The normalized spacial score (nSPS) is 39.2. The minimum absolute atomic E-state index is 0.0765. The summed E-state index contributed by atoms with van der Waals surface area (Å²) in [5, 5.41) is 0.0765. The highest BCUT2D eigenvalue weighted by Crippen LogP contribution is 2.46. The fourth-order valence-corrected chi connectivity index (χ4v) is 4.76. The van der Waals surface area contributed by atoms with Gasteiger partial charge in [-0.2, -0.15) is 0 Å². The maximum atomic E-state index is 6.72. The van der Waals surface area contributed by atoms with Gasteiger partial charge in [-0.3, -0.25) is 0 Å². The third-order valence-corrected chi connectivity index (χ3v) is 10.3. The molecule has 3 unspecified atom stereocenters. The molecule has 0 N–H and O–H groups in total. The molecule has 4 bridgehead atoms. The van der Waals surface area contributed by atoms with Gasteiger partial charge >= 0.3 is 0 Å². The summed E-state index contributed by atoms with van der Waals surface area (Å²) in [5.74, 6) is 0. The Balaban J connectivity index is 1.87. The Morgan fingerprint density at radius 1 is 0.846 bits per heavy atom. The van der Waals surface area contributed by atoms with Gasteiger partial charge in [0.2, 0.25) is 0 Å². The van der Waals surface area contributed by atoms with Crippen LogP contribution in [0.5, 0.6) is 0 Å². The first kappa shape index (κ1) is 20.2. The van der Waals surface area contributed by atoms with Crippen molar-refractivity contribution in [2.24, 2.45) is 0 Å². The fourth-order valence-electron chi connectivity index (χ4n) is 3.46. The molecule has 0 aromatic carbocycles.